The summed E-state index contributed by atoms with van der Waals surface area (Å²) >= 11 is 3.14. The number of hydrogen-bond donors (Lipinski definition) is 2. The van der Waals surface area contributed by atoms with Crippen molar-refractivity contribution in [1.82, 2.24) is 14.9 Å². The molecule has 0 aliphatic heterocycles. The third-order valence-corrected chi connectivity index (χ3v) is 2.95. The molecule has 0 saturated heterocycles. The topological polar surface area (TPSA) is 67.2 Å². The number of aliphatic hydroxyl groups excluding tert-OH is 1. The average molecular weight is 304 g/mol. The second-order valence-corrected chi connectivity index (χ2v) is 4.78. The molecular weight excluding hydrogens is 286 g/mol. The van der Waals surface area contributed by atoms with E-state index in [0.29, 0.717) is 16.8 Å². The maximum atomic E-state index is 11.8. The molecule has 5 nitrogen and oxygen atoms in total. The number of halogens is 1. The van der Waals surface area contributed by atoms with Crippen molar-refractivity contribution in [2.75, 3.05) is 13.1 Å². The molecule has 0 aromatic carbocycles. The van der Waals surface area contributed by atoms with E-state index in [4.69, 9.17) is 0 Å². The van der Waals surface area contributed by atoms with Crippen LogP contribution in [-0.2, 0) is 6.54 Å². The van der Waals surface area contributed by atoms with Gasteiger partial charge in [0.15, 0.2) is 0 Å². The summed E-state index contributed by atoms with van der Waals surface area (Å²) in [4.78, 5) is 15.9. The predicted molar refractivity (Wildman–Crippen MR) is 70.1 cm³/mol. The zero-order valence-corrected chi connectivity index (χ0v) is 11.7. The lowest BCUT2D eigenvalue weighted by molar-refractivity contribution is 0.149. The molecule has 0 aliphatic carbocycles. The third-order valence-electron chi connectivity index (χ3n) is 2.40. The van der Waals surface area contributed by atoms with Crippen molar-refractivity contribution >= 4 is 15.9 Å². The van der Waals surface area contributed by atoms with Crippen LogP contribution in [0.15, 0.2) is 15.5 Å². The second-order valence-electron chi connectivity index (χ2n) is 3.93. The van der Waals surface area contributed by atoms with Crippen molar-refractivity contribution < 1.29 is 5.11 Å². The van der Waals surface area contributed by atoms with E-state index < -0.39 is 6.10 Å². The first-order chi connectivity index (χ1) is 8.06. The largest absolute Gasteiger partial charge is 0.390 e. The zero-order valence-electron chi connectivity index (χ0n) is 10.1. The van der Waals surface area contributed by atoms with Crippen LogP contribution in [0.4, 0.5) is 0 Å². The monoisotopic (exact) mass is 303 g/mol. The van der Waals surface area contributed by atoms with Crippen molar-refractivity contribution in [3.63, 3.8) is 0 Å². The second kappa shape index (κ2) is 6.88. The van der Waals surface area contributed by atoms with E-state index in [1.165, 1.54) is 10.8 Å². The molecule has 1 heterocycles. The summed E-state index contributed by atoms with van der Waals surface area (Å²) in [6.07, 6.45) is 1.91. The third kappa shape index (κ3) is 4.22. The first-order valence-corrected chi connectivity index (χ1v) is 6.46. The summed E-state index contributed by atoms with van der Waals surface area (Å²) in [5, 5.41) is 12.9. The van der Waals surface area contributed by atoms with Gasteiger partial charge in [-0.2, -0.15) is 0 Å². The molecule has 1 rings (SSSR count). The van der Waals surface area contributed by atoms with Gasteiger partial charge in [0.2, 0.25) is 0 Å². The Morgan fingerprint density at radius 2 is 2.35 bits per heavy atom. The number of nitrogens with zero attached hydrogens (tertiary/aromatic N) is 2. The fourth-order valence-electron chi connectivity index (χ4n) is 1.49. The van der Waals surface area contributed by atoms with E-state index >= 15 is 0 Å². The number of aliphatic hydroxyl groups is 1. The molecule has 1 unspecified atom stereocenters. The molecule has 0 bridgehead atoms. The molecule has 0 fully saturated rings. The molecule has 0 amide bonds. The fourth-order valence-corrected chi connectivity index (χ4v) is 1.80. The molecule has 1 aromatic rings. The summed E-state index contributed by atoms with van der Waals surface area (Å²) in [6, 6.07) is 0. The van der Waals surface area contributed by atoms with Crippen LogP contribution in [0, 0.1) is 6.92 Å². The predicted octanol–water partition coefficient (Wildman–Crippen LogP) is 0.675. The van der Waals surface area contributed by atoms with E-state index in [1.54, 1.807) is 6.92 Å². The van der Waals surface area contributed by atoms with Gasteiger partial charge < -0.3 is 10.4 Å². The number of rotatable bonds is 6. The average Bonchev–Trinajstić information content (AvgIpc) is 2.30. The molecule has 0 aliphatic rings. The van der Waals surface area contributed by atoms with Gasteiger partial charge in [0, 0.05) is 12.7 Å². The standard InChI is InChI=1S/C11H18BrN3O2/c1-3-4-13-5-9(16)7-15-8(2)14-6-10(12)11(15)17/h6,9,13,16H,3-5,7H2,1-2H3. The van der Waals surface area contributed by atoms with Gasteiger partial charge in [-0.25, -0.2) is 4.98 Å². The van der Waals surface area contributed by atoms with Gasteiger partial charge in [-0.1, -0.05) is 6.92 Å². The van der Waals surface area contributed by atoms with Gasteiger partial charge in [0.1, 0.15) is 10.3 Å². The van der Waals surface area contributed by atoms with Crippen molar-refractivity contribution in [2.24, 2.45) is 0 Å². The van der Waals surface area contributed by atoms with Crippen molar-refractivity contribution in [1.29, 1.82) is 0 Å². The lowest BCUT2D eigenvalue weighted by Gasteiger charge is -2.15. The Balaban J connectivity index is 2.68. The highest BCUT2D eigenvalue weighted by atomic mass is 79.9. The van der Waals surface area contributed by atoms with E-state index in [-0.39, 0.29) is 12.1 Å². The lowest BCUT2D eigenvalue weighted by atomic mass is 10.3. The molecule has 17 heavy (non-hydrogen) atoms. The maximum Gasteiger partial charge on any atom is 0.267 e. The molecule has 2 N–H and O–H groups in total. The number of aromatic nitrogens is 2. The van der Waals surface area contributed by atoms with Crippen molar-refractivity contribution in [3.05, 3.63) is 26.8 Å². The molecule has 0 saturated carbocycles. The van der Waals surface area contributed by atoms with Crippen LogP contribution < -0.4 is 10.9 Å². The van der Waals surface area contributed by atoms with Crippen molar-refractivity contribution in [3.8, 4) is 0 Å². The van der Waals surface area contributed by atoms with Gasteiger partial charge in [0.05, 0.1) is 12.6 Å². The normalized spacial score (nSPS) is 12.7. The minimum Gasteiger partial charge on any atom is -0.390 e. The minimum atomic E-state index is -0.589. The van der Waals surface area contributed by atoms with Crippen LogP contribution in [-0.4, -0.2) is 33.9 Å². The highest BCUT2D eigenvalue weighted by Crippen LogP contribution is 2.02. The molecule has 96 valence electrons. The summed E-state index contributed by atoms with van der Waals surface area (Å²) in [6.45, 7) is 5.41. The Labute approximate surface area is 109 Å². The van der Waals surface area contributed by atoms with Crippen LogP contribution in [0.2, 0.25) is 0 Å². The van der Waals surface area contributed by atoms with Crippen LogP contribution in [0.3, 0.4) is 0 Å². The lowest BCUT2D eigenvalue weighted by Crippen LogP contribution is -2.35. The van der Waals surface area contributed by atoms with Crippen LogP contribution in [0.5, 0.6) is 0 Å². The fraction of sp³-hybridized carbons (Fsp3) is 0.636. The van der Waals surface area contributed by atoms with Gasteiger partial charge in [-0.05, 0) is 35.8 Å². The highest BCUT2D eigenvalue weighted by molar-refractivity contribution is 9.10. The summed E-state index contributed by atoms with van der Waals surface area (Å²) in [5.74, 6) is 0.604. The minimum absolute atomic E-state index is 0.160. The van der Waals surface area contributed by atoms with E-state index in [9.17, 15) is 9.90 Å². The maximum absolute atomic E-state index is 11.8. The van der Waals surface area contributed by atoms with Gasteiger partial charge >= 0.3 is 0 Å². The molecule has 6 heteroatoms. The van der Waals surface area contributed by atoms with Gasteiger partial charge in [-0.15, -0.1) is 0 Å². The smallest absolute Gasteiger partial charge is 0.267 e. The first-order valence-electron chi connectivity index (χ1n) is 5.67. The number of nitrogens with one attached hydrogen (secondary N) is 1. The number of hydrogen-bond acceptors (Lipinski definition) is 4. The zero-order chi connectivity index (χ0) is 12.8. The molecule has 0 radical (unpaired) electrons. The Kier molecular flexibility index (Phi) is 5.80. The summed E-state index contributed by atoms with van der Waals surface area (Å²) < 4.78 is 1.89. The summed E-state index contributed by atoms with van der Waals surface area (Å²) in [5.41, 5.74) is -0.160. The van der Waals surface area contributed by atoms with Gasteiger partial charge in [0.25, 0.3) is 5.56 Å². The Bertz CT molecular complexity index is 420. The summed E-state index contributed by atoms with van der Waals surface area (Å²) in [7, 11) is 0. The van der Waals surface area contributed by atoms with Crippen LogP contribution >= 0.6 is 15.9 Å². The number of aryl methyl sites for hydroxylation is 1. The van der Waals surface area contributed by atoms with Crippen LogP contribution in [0.25, 0.3) is 0 Å². The molecule has 1 atom stereocenters. The van der Waals surface area contributed by atoms with E-state index in [2.05, 4.69) is 33.2 Å². The quantitative estimate of drug-likeness (QED) is 0.758. The Morgan fingerprint density at radius 1 is 1.65 bits per heavy atom. The van der Waals surface area contributed by atoms with E-state index in [0.717, 1.165) is 13.0 Å². The van der Waals surface area contributed by atoms with E-state index in [1.807, 2.05) is 0 Å². The van der Waals surface area contributed by atoms with Crippen LogP contribution in [0.1, 0.15) is 19.2 Å². The van der Waals surface area contributed by atoms with Gasteiger partial charge in [-0.3, -0.25) is 9.36 Å². The molecular formula is C11H18BrN3O2. The molecule has 0 spiro atoms. The van der Waals surface area contributed by atoms with Crippen molar-refractivity contribution in [2.45, 2.75) is 32.9 Å². The SMILES string of the molecule is CCCNCC(O)Cn1c(C)ncc(Br)c1=O. The first kappa shape index (κ1) is 14.3. The Hall–Kier alpha value is -0.720. The molecule has 1 aromatic heterocycles. The Morgan fingerprint density at radius 3 is 3.00 bits per heavy atom. The highest BCUT2D eigenvalue weighted by Gasteiger charge is 2.10.